The fourth-order valence-corrected chi connectivity index (χ4v) is 4.97. The minimum atomic E-state index is -1.18. The van der Waals surface area contributed by atoms with Crippen molar-refractivity contribution in [2.24, 2.45) is 0 Å². The van der Waals surface area contributed by atoms with Crippen LogP contribution in [0.3, 0.4) is 0 Å². The minimum absolute atomic E-state index is 0.00139. The Morgan fingerprint density at radius 1 is 1.17 bits per heavy atom. The number of likely N-dealkylation sites (tertiary alicyclic amines) is 1. The van der Waals surface area contributed by atoms with E-state index in [0.717, 1.165) is 18.4 Å². The van der Waals surface area contributed by atoms with E-state index in [0.29, 0.717) is 41.4 Å². The van der Waals surface area contributed by atoms with Gasteiger partial charge in [0.15, 0.2) is 22.6 Å². The van der Waals surface area contributed by atoms with Crippen LogP contribution in [0, 0.1) is 0 Å². The minimum Gasteiger partial charge on any atom is -0.461 e. The van der Waals surface area contributed by atoms with E-state index in [1.54, 1.807) is 36.4 Å². The zero-order chi connectivity index (χ0) is 24.9. The molecule has 1 aliphatic rings. The molecule has 6 rings (SSSR count). The van der Waals surface area contributed by atoms with Gasteiger partial charge in [0, 0.05) is 20.2 Å². The number of anilines is 1. The van der Waals surface area contributed by atoms with Gasteiger partial charge in [0.2, 0.25) is 11.8 Å². The van der Waals surface area contributed by atoms with E-state index in [1.807, 2.05) is 42.2 Å². The van der Waals surface area contributed by atoms with Gasteiger partial charge in [-0.05, 0) is 37.5 Å². The van der Waals surface area contributed by atoms with Crippen LogP contribution >= 0.6 is 0 Å². The van der Waals surface area contributed by atoms with E-state index in [4.69, 9.17) is 14.9 Å². The average molecular weight is 487 g/mol. The van der Waals surface area contributed by atoms with E-state index in [1.165, 1.54) is 4.52 Å². The second-order valence-electron chi connectivity index (χ2n) is 9.10. The summed E-state index contributed by atoms with van der Waals surface area (Å²) in [5.74, 6) is 0.943. The first-order valence-corrected chi connectivity index (χ1v) is 11.8. The average Bonchev–Trinajstić information content (AvgIpc) is 3.68. The molecule has 5 heterocycles. The fourth-order valence-electron chi connectivity index (χ4n) is 4.97. The van der Waals surface area contributed by atoms with Gasteiger partial charge >= 0.3 is 0 Å². The van der Waals surface area contributed by atoms with Crippen LogP contribution in [0.5, 0.6) is 0 Å². The van der Waals surface area contributed by atoms with Crippen LogP contribution in [-0.4, -0.2) is 66.5 Å². The van der Waals surface area contributed by atoms with Gasteiger partial charge < -0.3 is 19.8 Å². The highest BCUT2D eigenvalue weighted by atomic mass is 16.5. The summed E-state index contributed by atoms with van der Waals surface area (Å²) >= 11 is 0. The number of rotatable bonds is 5. The molecule has 36 heavy (non-hydrogen) atoms. The smallest absolute Gasteiger partial charge is 0.255 e. The molecule has 1 aromatic carbocycles. The Morgan fingerprint density at radius 3 is 2.75 bits per heavy atom. The van der Waals surface area contributed by atoms with Crippen LogP contribution in [0.4, 0.5) is 5.95 Å². The highest BCUT2D eigenvalue weighted by Crippen LogP contribution is 2.33. The Morgan fingerprint density at radius 2 is 2.00 bits per heavy atom. The first-order chi connectivity index (χ1) is 17.5. The molecule has 4 aromatic heterocycles. The molecule has 184 valence electrons. The molecule has 0 saturated carbocycles. The Labute approximate surface area is 206 Å². The zero-order valence-electron chi connectivity index (χ0n) is 20.0. The monoisotopic (exact) mass is 486 g/mol. The number of carbonyl (C=O) groups excluding carboxylic acids is 1. The maximum atomic E-state index is 14.2. The third kappa shape index (κ3) is 3.34. The molecule has 0 spiro atoms. The van der Waals surface area contributed by atoms with Crippen molar-refractivity contribution >= 4 is 28.5 Å². The lowest BCUT2D eigenvalue weighted by Crippen LogP contribution is -2.53. The van der Waals surface area contributed by atoms with Crippen molar-refractivity contribution in [3.63, 3.8) is 0 Å². The largest absolute Gasteiger partial charge is 0.461 e. The lowest BCUT2D eigenvalue weighted by atomic mass is 9.89. The number of benzene rings is 1. The van der Waals surface area contributed by atoms with E-state index < -0.39 is 5.54 Å². The Kier molecular flexibility index (Phi) is 5.22. The van der Waals surface area contributed by atoms with Gasteiger partial charge in [-0.15, -0.1) is 5.10 Å². The molecule has 5 aromatic rings. The van der Waals surface area contributed by atoms with Gasteiger partial charge in [-0.2, -0.15) is 14.6 Å². The van der Waals surface area contributed by atoms with Crippen LogP contribution in [-0.2, 0) is 15.1 Å². The number of amides is 1. The molecular formula is C25H26N8O3. The van der Waals surface area contributed by atoms with Crippen LogP contribution in [0.15, 0.2) is 59.3 Å². The van der Waals surface area contributed by atoms with E-state index in [2.05, 4.69) is 20.2 Å². The highest BCUT2D eigenvalue weighted by molar-refractivity contribution is 5.94. The molecule has 0 bridgehead atoms. The summed E-state index contributed by atoms with van der Waals surface area (Å²) in [7, 11) is 1.68. The van der Waals surface area contributed by atoms with E-state index in [9.17, 15) is 4.79 Å². The molecule has 11 heteroatoms. The second-order valence-corrected chi connectivity index (χ2v) is 9.10. The third-order valence-electron chi connectivity index (χ3n) is 6.95. The van der Waals surface area contributed by atoms with Crippen molar-refractivity contribution in [3.8, 4) is 11.6 Å². The van der Waals surface area contributed by atoms with Crippen LogP contribution < -0.4 is 5.73 Å². The lowest BCUT2D eigenvalue weighted by molar-refractivity contribution is -0.142. The highest BCUT2D eigenvalue weighted by Gasteiger charge is 2.44. The van der Waals surface area contributed by atoms with Gasteiger partial charge in [0.25, 0.3) is 5.91 Å². The van der Waals surface area contributed by atoms with Gasteiger partial charge in [0.05, 0.1) is 24.0 Å². The molecule has 0 radical (unpaired) electrons. The molecule has 1 amide bonds. The summed E-state index contributed by atoms with van der Waals surface area (Å²) < 4.78 is 14.1. The molecule has 1 aliphatic heterocycles. The maximum absolute atomic E-state index is 14.2. The van der Waals surface area contributed by atoms with Crippen LogP contribution in [0.1, 0.15) is 25.3 Å². The number of aromatic nitrogens is 6. The quantitative estimate of drug-likeness (QED) is 0.401. The number of carbonyl (C=O) groups is 1. The van der Waals surface area contributed by atoms with E-state index in [-0.39, 0.29) is 18.0 Å². The molecule has 2 N–H and O–H groups in total. The molecule has 2 atom stereocenters. The normalized spacial score (nSPS) is 18.1. The van der Waals surface area contributed by atoms with Gasteiger partial charge in [-0.25, -0.2) is 9.67 Å². The zero-order valence-corrected chi connectivity index (χ0v) is 20.0. The fraction of sp³-hybridized carbons (Fsp3) is 0.320. The lowest BCUT2D eigenvalue weighted by Gasteiger charge is -2.39. The number of hydrogen-bond donors (Lipinski definition) is 1. The third-order valence-corrected chi connectivity index (χ3v) is 6.95. The number of nitrogens with two attached hydrogens (primary N) is 1. The molecule has 11 nitrogen and oxygen atoms in total. The summed E-state index contributed by atoms with van der Waals surface area (Å²) in [6.07, 6.45) is 5.01. The predicted molar refractivity (Wildman–Crippen MR) is 132 cm³/mol. The number of furan rings is 1. The number of nitrogen functional groups attached to an aromatic ring is 1. The number of hydrogen-bond acceptors (Lipinski definition) is 8. The Balaban J connectivity index is 1.53. The van der Waals surface area contributed by atoms with Crippen molar-refractivity contribution in [3.05, 3.63) is 60.5 Å². The molecule has 0 aliphatic carbocycles. The summed E-state index contributed by atoms with van der Waals surface area (Å²) in [5.41, 5.74) is 6.85. The molecule has 1 fully saturated rings. The number of piperidine rings is 1. The summed E-state index contributed by atoms with van der Waals surface area (Å²) in [4.78, 5) is 25.4. The number of ether oxygens (including phenoxy) is 1. The van der Waals surface area contributed by atoms with Crippen LogP contribution in [0.25, 0.3) is 28.3 Å². The summed E-state index contributed by atoms with van der Waals surface area (Å²) in [5, 5.41) is 9.76. The van der Waals surface area contributed by atoms with Crippen LogP contribution in [0.2, 0.25) is 0 Å². The number of fused-ring (bicyclic) bond motifs is 3. The summed E-state index contributed by atoms with van der Waals surface area (Å²) in [6.45, 7) is 3.04. The number of methoxy groups -OCH3 is 1. The van der Waals surface area contributed by atoms with Gasteiger partial charge in [-0.3, -0.25) is 4.79 Å². The van der Waals surface area contributed by atoms with Crippen molar-refractivity contribution in [2.75, 3.05) is 25.9 Å². The van der Waals surface area contributed by atoms with Gasteiger partial charge in [-0.1, -0.05) is 30.3 Å². The Bertz CT molecular complexity index is 1540. The SMILES string of the molecule is CO[C@H]1CCCN(C(=O)C(C)(c2ccccc2)n2ncc3c2nc(N)n2nc(-c4ccco4)nc32)C1. The first kappa shape index (κ1) is 22.2. The molecular weight excluding hydrogens is 460 g/mol. The van der Waals surface area contributed by atoms with Crippen molar-refractivity contribution in [1.82, 2.24) is 34.3 Å². The summed E-state index contributed by atoms with van der Waals surface area (Å²) in [6, 6.07) is 13.1. The van der Waals surface area contributed by atoms with Crippen molar-refractivity contribution in [1.29, 1.82) is 0 Å². The second kappa shape index (κ2) is 8.45. The van der Waals surface area contributed by atoms with Gasteiger partial charge in [0.1, 0.15) is 0 Å². The van der Waals surface area contributed by atoms with E-state index >= 15 is 0 Å². The van der Waals surface area contributed by atoms with Crippen molar-refractivity contribution in [2.45, 2.75) is 31.4 Å². The van der Waals surface area contributed by atoms with Crippen molar-refractivity contribution < 1.29 is 13.9 Å². The standard InChI is InChI=1S/C25H26N8O3/c1-25(16-8-4-3-5-9-16,23(34)31-12-6-10-17(15-31)35-2)33-22-18(14-27-33)21-28-20(19-11-7-13-36-19)30-32(21)24(26)29-22/h3-5,7-9,11,13-14,17H,6,10,12,15H2,1-2H3,(H2,26,29)/t17-,25?/m0/s1. The number of nitrogens with zero attached hydrogens (tertiary/aromatic N) is 7. The maximum Gasteiger partial charge on any atom is 0.255 e. The molecule has 1 saturated heterocycles. The Hall–Kier alpha value is -4.25. The first-order valence-electron chi connectivity index (χ1n) is 11.8. The topological polar surface area (TPSA) is 130 Å². The molecule has 1 unspecified atom stereocenters. The predicted octanol–water partition coefficient (Wildman–Crippen LogP) is 2.72.